The van der Waals surface area contributed by atoms with E-state index in [0.717, 1.165) is 129 Å². The third kappa shape index (κ3) is 31.8. The average molecular weight is 1570 g/mol. The molecule has 0 bridgehead atoms. The average Bonchev–Trinajstić information content (AvgIpc) is 0.795. The predicted molar refractivity (Wildman–Crippen MR) is 490 cm³/mol. The van der Waals surface area contributed by atoms with Crippen LogP contribution in [0.25, 0.3) is 50.9 Å². The van der Waals surface area contributed by atoms with Gasteiger partial charge >= 0.3 is 0 Å². The predicted octanol–water partition coefficient (Wildman–Crippen LogP) is 24.0. The van der Waals surface area contributed by atoms with Gasteiger partial charge in [0.1, 0.15) is 0 Å². The number of rotatable bonds is 29. The number of carbonyl (C=O) groups is 6. The van der Waals surface area contributed by atoms with E-state index < -0.39 is 0 Å². The number of benzene rings is 8. The molecule has 117 heavy (non-hydrogen) atoms. The Balaban J connectivity index is 0.000000219. The minimum absolute atomic E-state index is 0.0120. The normalized spacial score (nSPS) is 11.1. The summed E-state index contributed by atoms with van der Waals surface area (Å²) in [5, 5.41) is 10.7. The first kappa shape index (κ1) is 93.6. The molecule has 3 aromatic heterocycles. The van der Waals surface area contributed by atoms with Gasteiger partial charge in [-0.25, -0.2) is 0 Å². The maximum Gasteiger partial charge on any atom is 0.248 e. The lowest BCUT2D eigenvalue weighted by molar-refractivity contribution is -0.117. The highest BCUT2D eigenvalue weighted by Gasteiger charge is 2.16. The van der Waals surface area contributed by atoms with Gasteiger partial charge in [-0.05, 0) is 192 Å². The van der Waals surface area contributed by atoms with Gasteiger partial charge in [0.15, 0.2) is 33.6 Å². The van der Waals surface area contributed by atoms with E-state index in [0.29, 0.717) is 89.5 Å². The molecule has 6 N–H and O–H groups in total. The summed E-state index contributed by atoms with van der Waals surface area (Å²) in [5.74, 6) is 1.86. The standard InChI is InChI=1S/C19H27NO2.C19H25NO.C18H17NO2.C18H15NO.C14H19NO2.C14H17NO/c1-4-18(21)16-12-9-10-13-17(16)20-19(22)14-8-6-5-7-11-15(2)3;1-14(2)10-6-4-5-7-12-17-15(3)19(21)16-11-8-9-13-18(16)20-17;1-2-17(20)15-10-6-7-11-16(15)19-18(21)13-12-14-8-4-3-5-9-14;1-13-16(12-11-14-7-3-2-4-8-14)19-17-10-6-5-9-15(17)18(13)20;1-4-13(16)11-7-5-6-8-12(11)15-14(17)9-10(2)3;1-9(2)8-13-10(3)14(16)11-6-4-5-7-12(11)15-13/h7,9-13,15H,4-6,8,14H2,1-3H3,(H,20,22);6,8-11,13-14H,4-5,7,12H2,1-3H3,(H,20,21);3-13H,2H2,1H3,(H,19,21);2-12H,1H3,(H,19,20);5-8,10H,4,9H2,1-3H3,(H,15,17);4-7,9H,8H2,1-3H3,(H,15,16)/b11-7+;10-6+;13-12+;12-11+;;. The monoisotopic (exact) mass is 1570 g/mol. The fourth-order valence-electron chi connectivity index (χ4n) is 12.5. The van der Waals surface area contributed by atoms with Crippen molar-refractivity contribution >= 4 is 103 Å². The maximum absolute atomic E-state index is 12.3. The van der Waals surface area contributed by atoms with E-state index in [1.54, 1.807) is 67.6 Å². The molecule has 0 saturated heterocycles. The summed E-state index contributed by atoms with van der Waals surface area (Å²) in [6.45, 7) is 28.1. The van der Waals surface area contributed by atoms with Crippen molar-refractivity contribution in [3.05, 3.63) is 329 Å². The Morgan fingerprint density at radius 1 is 0.376 bits per heavy atom. The Morgan fingerprint density at radius 2 is 0.752 bits per heavy atom. The van der Waals surface area contributed by atoms with Gasteiger partial charge < -0.3 is 30.9 Å². The number of H-pyrrole nitrogens is 3. The Kier molecular flexibility index (Phi) is 40.2. The van der Waals surface area contributed by atoms with Crippen LogP contribution < -0.4 is 32.2 Å². The van der Waals surface area contributed by atoms with Crippen LogP contribution in [-0.2, 0) is 27.2 Å². The first-order valence-corrected chi connectivity index (χ1v) is 41.1. The number of aromatic nitrogens is 3. The van der Waals surface area contributed by atoms with E-state index in [-0.39, 0.29) is 51.4 Å². The summed E-state index contributed by atoms with van der Waals surface area (Å²) in [5.41, 5.74) is 14.2. The topological polar surface area (TPSA) is 237 Å². The number of ketones is 3. The van der Waals surface area contributed by atoms with Gasteiger partial charge in [0, 0.05) is 121 Å². The largest absolute Gasteiger partial charge is 0.358 e. The SMILES string of the molecule is CCC(=O)c1ccccc1NC(=O)/C=C/c1ccccc1.CCC(=O)c1ccccc1NC(=O)CC(C)C.CCC(=O)c1ccccc1NC(=O)CCCC/C=C/C(C)C.Cc1c(/C=C/c2ccccc2)[nH]c2ccccc2c1=O.Cc1c(CC(C)C)[nH]c2ccccc2c1=O.Cc1c(CCCC/C=C/C(C)C)[nH]c2ccccc2c1=O. The van der Waals surface area contributed by atoms with Crippen molar-refractivity contribution in [3.63, 3.8) is 0 Å². The molecule has 3 heterocycles. The van der Waals surface area contributed by atoms with Crippen molar-refractivity contribution in [2.45, 2.75) is 180 Å². The summed E-state index contributed by atoms with van der Waals surface area (Å²) in [6, 6.07) is 64.0. The number of fused-ring (bicyclic) bond motifs is 3. The van der Waals surface area contributed by atoms with Crippen molar-refractivity contribution < 1.29 is 28.8 Å². The molecule has 15 nitrogen and oxygen atoms in total. The van der Waals surface area contributed by atoms with Crippen LogP contribution in [-0.4, -0.2) is 50.0 Å². The molecule has 11 rings (SSSR count). The molecule has 0 radical (unpaired) electrons. The van der Waals surface area contributed by atoms with Crippen LogP contribution in [0, 0.1) is 44.4 Å². The Morgan fingerprint density at radius 3 is 1.20 bits per heavy atom. The molecule has 0 unspecified atom stereocenters. The summed E-state index contributed by atoms with van der Waals surface area (Å²) in [6.07, 6.45) is 26.4. The molecule has 0 aliphatic rings. The summed E-state index contributed by atoms with van der Waals surface area (Å²) in [4.78, 5) is 118. The van der Waals surface area contributed by atoms with Gasteiger partial charge in [-0.1, -0.05) is 240 Å². The molecule has 3 amide bonds. The highest BCUT2D eigenvalue weighted by Crippen LogP contribution is 2.23. The fraction of sp³-hybridized carbons (Fsp3) is 0.304. The van der Waals surface area contributed by atoms with E-state index in [1.807, 2.05) is 212 Å². The number of carbonyl (C=O) groups excluding carboxylic acids is 6. The molecular weight excluding hydrogens is 1450 g/mol. The first-order valence-electron chi connectivity index (χ1n) is 41.1. The van der Waals surface area contributed by atoms with Gasteiger partial charge in [-0.2, -0.15) is 0 Å². The van der Waals surface area contributed by atoms with Gasteiger partial charge in [0.05, 0.1) is 17.1 Å². The lowest BCUT2D eigenvalue weighted by atomic mass is 10.0. The summed E-state index contributed by atoms with van der Waals surface area (Å²) >= 11 is 0. The van der Waals surface area contributed by atoms with Crippen LogP contribution in [0.5, 0.6) is 0 Å². The van der Waals surface area contributed by atoms with Crippen LogP contribution >= 0.6 is 0 Å². The van der Waals surface area contributed by atoms with Crippen molar-refractivity contribution in [3.8, 4) is 0 Å². The lowest BCUT2D eigenvalue weighted by Crippen LogP contribution is -2.16. The maximum atomic E-state index is 12.3. The van der Waals surface area contributed by atoms with Crippen LogP contribution in [0.15, 0.2) is 251 Å². The number of hydrogen-bond acceptors (Lipinski definition) is 9. The Bertz CT molecular complexity index is 5370. The Hall–Kier alpha value is -12.2. The number of nitrogens with one attached hydrogen (secondary N) is 6. The number of allylic oxidation sites excluding steroid dienone is 4. The second-order valence-corrected chi connectivity index (χ2v) is 30.3. The van der Waals surface area contributed by atoms with Crippen LogP contribution in [0.3, 0.4) is 0 Å². The minimum Gasteiger partial charge on any atom is -0.358 e. The fourth-order valence-corrected chi connectivity index (χ4v) is 12.5. The first-order chi connectivity index (χ1) is 56.2. The molecule has 15 heteroatoms. The number of unbranched alkanes of at least 4 members (excludes halogenated alkanes) is 4. The van der Waals surface area contributed by atoms with E-state index in [1.165, 1.54) is 6.08 Å². The van der Waals surface area contributed by atoms with Gasteiger partial charge in [0.2, 0.25) is 17.7 Å². The lowest BCUT2D eigenvalue weighted by Gasteiger charge is -2.10. The summed E-state index contributed by atoms with van der Waals surface area (Å²) < 4.78 is 0. The van der Waals surface area contributed by atoms with Gasteiger partial charge in [-0.15, -0.1) is 0 Å². The number of para-hydroxylation sites is 6. The summed E-state index contributed by atoms with van der Waals surface area (Å²) in [7, 11) is 0. The second kappa shape index (κ2) is 50.2. The zero-order valence-electron chi connectivity index (χ0n) is 70.9. The number of aryl methyl sites for hydroxylation is 1. The molecule has 0 aliphatic carbocycles. The molecule has 8 aromatic carbocycles. The molecule has 612 valence electrons. The number of aromatic amines is 3. The van der Waals surface area contributed by atoms with Crippen LogP contribution in [0.4, 0.5) is 17.1 Å². The van der Waals surface area contributed by atoms with Crippen molar-refractivity contribution in [2.24, 2.45) is 23.7 Å². The zero-order chi connectivity index (χ0) is 85.2. The van der Waals surface area contributed by atoms with Crippen molar-refractivity contribution in [2.75, 3.05) is 16.0 Å². The minimum atomic E-state index is -0.254. The Labute approximate surface area is 691 Å². The molecule has 0 fully saturated rings. The molecule has 11 aromatic rings. The zero-order valence-corrected chi connectivity index (χ0v) is 70.9. The van der Waals surface area contributed by atoms with Crippen molar-refractivity contribution in [1.82, 2.24) is 15.0 Å². The van der Waals surface area contributed by atoms with E-state index in [2.05, 4.69) is 96.7 Å². The van der Waals surface area contributed by atoms with Crippen molar-refractivity contribution in [1.29, 1.82) is 0 Å². The third-order valence-electron chi connectivity index (χ3n) is 18.9. The van der Waals surface area contributed by atoms with E-state index >= 15 is 0 Å². The van der Waals surface area contributed by atoms with Crippen LogP contribution in [0.1, 0.15) is 223 Å². The highest BCUT2D eigenvalue weighted by atomic mass is 16.2. The molecule has 0 spiro atoms. The quantitative estimate of drug-likeness (QED) is 0.0113. The molecule has 0 saturated carbocycles. The highest BCUT2D eigenvalue weighted by molar-refractivity contribution is 6.09. The third-order valence-corrected chi connectivity index (χ3v) is 18.9. The van der Waals surface area contributed by atoms with Gasteiger partial charge in [0.25, 0.3) is 0 Å². The number of amides is 3. The van der Waals surface area contributed by atoms with Gasteiger partial charge in [-0.3, -0.25) is 43.2 Å². The molecular formula is C102H120N6O9. The number of Topliss-reactive ketones (excluding diaryl/α,β-unsaturated/α-hetero) is 3. The van der Waals surface area contributed by atoms with Crippen LogP contribution in [0.2, 0.25) is 0 Å². The second-order valence-electron chi connectivity index (χ2n) is 30.3. The number of hydrogen-bond donors (Lipinski definition) is 6. The smallest absolute Gasteiger partial charge is 0.248 e. The molecule has 0 atom stereocenters. The van der Waals surface area contributed by atoms with E-state index in [4.69, 9.17) is 0 Å². The molecule has 0 aliphatic heterocycles. The number of pyridine rings is 3. The number of anilines is 3. The van der Waals surface area contributed by atoms with E-state index in [9.17, 15) is 43.2 Å².